The summed E-state index contributed by atoms with van der Waals surface area (Å²) in [6.45, 7) is 1.58. The van der Waals surface area contributed by atoms with Crippen LogP contribution in [0.5, 0.6) is 0 Å². The number of hydrogen-bond donors (Lipinski definition) is 0. The standard InChI is InChI=1S/C63H63NO11S/c1-76-63-59(58(72-41-49-32-18-7-19-33-49)56(70-39-47-28-14-5-15-29-47)53(74-63)43-68-37-45-24-10-3-11-25-45)75-62-54(64-60(65)50-34-20-21-35-51(50)61(64)66)57(71-40-48-30-16-6-17-31-48)55(69-38-46-26-12-4-13-27-46)52(73-62)42-67-36-44-22-8-2-9-23-44/h2-35,52-59,62-63H,36-43H2,1H3/t52-,53-,54-,55-,56-,57-,58+,59+,62+,63-/m1/s1. The van der Waals surface area contributed by atoms with Gasteiger partial charge in [-0.1, -0.05) is 194 Å². The molecule has 0 radical (unpaired) electrons. The van der Waals surface area contributed by atoms with E-state index in [-0.39, 0.29) is 57.4 Å². The Hall–Kier alpha value is -6.33. The van der Waals surface area contributed by atoms with Gasteiger partial charge in [-0.25, -0.2) is 0 Å². The molecule has 7 aromatic carbocycles. The maximum atomic E-state index is 15.0. The van der Waals surface area contributed by atoms with E-state index in [4.69, 9.17) is 42.6 Å². The van der Waals surface area contributed by atoms with Crippen molar-refractivity contribution >= 4 is 23.6 Å². The van der Waals surface area contributed by atoms with Gasteiger partial charge in [0.25, 0.3) is 11.8 Å². The Morgan fingerprint density at radius 3 is 1.12 bits per heavy atom. The van der Waals surface area contributed by atoms with Gasteiger partial charge in [-0.2, -0.15) is 0 Å². The molecule has 0 unspecified atom stereocenters. The molecule has 0 aliphatic carbocycles. The van der Waals surface area contributed by atoms with Crippen molar-refractivity contribution in [2.75, 3.05) is 19.5 Å². The average molecular weight is 1040 g/mol. The highest BCUT2D eigenvalue weighted by Gasteiger charge is 2.58. The van der Waals surface area contributed by atoms with E-state index in [9.17, 15) is 0 Å². The van der Waals surface area contributed by atoms with E-state index in [0.717, 1.165) is 33.4 Å². The van der Waals surface area contributed by atoms with Crippen LogP contribution in [0.3, 0.4) is 0 Å². The summed E-state index contributed by atoms with van der Waals surface area (Å²) in [4.78, 5) is 31.3. The number of carbonyl (C=O) groups excluding carboxylic acids is 2. The van der Waals surface area contributed by atoms with Gasteiger partial charge in [-0.05, 0) is 51.8 Å². The van der Waals surface area contributed by atoms with Crippen LogP contribution in [0.1, 0.15) is 54.1 Å². The highest BCUT2D eigenvalue weighted by Crippen LogP contribution is 2.41. The smallest absolute Gasteiger partial charge is 0.262 e. The monoisotopic (exact) mass is 1040 g/mol. The van der Waals surface area contributed by atoms with Crippen molar-refractivity contribution in [1.82, 2.24) is 4.90 Å². The second-order valence-electron chi connectivity index (χ2n) is 19.0. The van der Waals surface area contributed by atoms with Crippen molar-refractivity contribution in [1.29, 1.82) is 0 Å². The van der Waals surface area contributed by atoms with Crippen LogP contribution in [0, 0.1) is 0 Å². The van der Waals surface area contributed by atoms with Gasteiger partial charge in [-0.3, -0.25) is 14.5 Å². The molecule has 392 valence electrons. The number of hydrogen-bond acceptors (Lipinski definition) is 12. The molecule has 0 aromatic heterocycles. The highest BCUT2D eigenvalue weighted by molar-refractivity contribution is 7.99. The predicted molar refractivity (Wildman–Crippen MR) is 289 cm³/mol. The van der Waals surface area contributed by atoms with Gasteiger partial charge < -0.3 is 42.6 Å². The molecule has 3 heterocycles. The van der Waals surface area contributed by atoms with Crippen LogP contribution in [0.25, 0.3) is 0 Å². The van der Waals surface area contributed by atoms with Crippen molar-refractivity contribution in [3.8, 4) is 0 Å². The highest BCUT2D eigenvalue weighted by atomic mass is 32.2. The van der Waals surface area contributed by atoms with E-state index in [2.05, 4.69) is 0 Å². The van der Waals surface area contributed by atoms with Gasteiger partial charge in [0, 0.05) is 0 Å². The molecule has 2 saturated heterocycles. The quantitative estimate of drug-likeness (QED) is 0.0536. The molecule has 2 fully saturated rings. The minimum absolute atomic E-state index is 0.0406. The van der Waals surface area contributed by atoms with E-state index in [1.807, 2.05) is 188 Å². The van der Waals surface area contributed by atoms with Crippen LogP contribution in [0.4, 0.5) is 0 Å². The first-order valence-electron chi connectivity index (χ1n) is 25.8. The molecule has 10 atom stereocenters. The van der Waals surface area contributed by atoms with Crippen molar-refractivity contribution in [3.63, 3.8) is 0 Å². The third kappa shape index (κ3) is 13.2. The summed E-state index contributed by atoms with van der Waals surface area (Å²) in [7, 11) is 0. The molecule has 7 aromatic rings. The van der Waals surface area contributed by atoms with Gasteiger partial charge in [0.1, 0.15) is 54.2 Å². The van der Waals surface area contributed by atoms with E-state index < -0.39 is 72.3 Å². The Morgan fingerprint density at radius 2 is 0.724 bits per heavy atom. The van der Waals surface area contributed by atoms with Crippen LogP contribution in [-0.4, -0.2) is 96.7 Å². The van der Waals surface area contributed by atoms with Gasteiger partial charge in [0.05, 0.1) is 64.0 Å². The van der Waals surface area contributed by atoms with Crippen molar-refractivity contribution in [2.24, 2.45) is 0 Å². The molecule has 0 bridgehead atoms. The number of thioether (sulfide) groups is 1. The van der Waals surface area contributed by atoms with Crippen molar-refractivity contribution in [3.05, 3.63) is 251 Å². The Kier molecular flexibility index (Phi) is 18.6. The third-order valence-electron chi connectivity index (χ3n) is 13.8. The fraction of sp³-hybridized carbons (Fsp3) is 0.302. The van der Waals surface area contributed by atoms with Gasteiger partial charge in [0.15, 0.2) is 6.29 Å². The number of amides is 2. The zero-order valence-electron chi connectivity index (χ0n) is 42.4. The second kappa shape index (κ2) is 26.6. The number of nitrogens with zero attached hydrogens (tertiary/aromatic N) is 1. The first-order chi connectivity index (χ1) is 37.5. The Balaban J connectivity index is 1.06. The summed E-state index contributed by atoms with van der Waals surface area (Å²) in [5.74, 6) is -1.01. The van der Waals surface area contributed by atoms with Crippen LogP contribution in [-0.2, 0) is 82.3 Å². The molecule has 0 N–H and O–H groups in total. The molecular weight excluding hydrogens is 979 g/mol. The Labute approximate surface area is 449 Å². The molecular formula is C63H63NO11S. The zero-order chi connectivity index (χ0) is 51.9. The molecule has 76 heavy (non-hydrogen) atoms. The molecule has 12 nitrogen and oxygen atoms in total. The predicted octanol–water partition coefficient (Wildman–Crippen LogP) is 10.6. The van der Waals surface area contributed by atoms with Crippen LogP contribution < -0.4 is 0 Å². The summed E-state index contributed by atoms with van der Waals surface area (Å²) in [5.41, 5.74) is 5.51. The van der Waals surface area contributed by atoms with Gasteiger partial charge in [0.2, 0.25) is 0 Å². The number of benzene rings is 7. The van der Waals surface area contributed by atoms with Crippen molar-refractivity contribution < 1.29 is 52.2 Å². The summed E-state index contributed by atoms with van der Waals surface area (Å²) in [6.07, 6.45) is -5.32. The van der Waals surface area contributed by atoms with Gasteiger partial charge in [-0.15, -0.1) is 11.8 Å². The third-order valence-corrected chi connectivity index (χ3v) is 14.6. The lowest BCUT2D eigenvalue weighted by molar-refractivity contribution is -0.336. The molecule has 0 spiro atoms. The summed E-state index contributed by atoms with van der Waals surface area (Å²) >= 11 is 1.45. The lowest BCUT2D eigenvalue weighted by Crippen LogP contribution is -2.69. The minimum Gasteiger partial charge on any atom is -0.374 e. The first-order valence-corrected chi connectivity index (χ1v) is 27.1. The minimum atomic E-state index is -1.35. The lowest BCUT2D eigenvalue weighted by Gasteiger charge is -2.51. The van der Waals surface area contributed by atoms with E-state index in [0.29, 0.717) is 6.61 Å². The maximum Gasteiger partial charge on any atom is 0.262 e. The second-order valence-corrected chi connectivity index (χ2v) is 19.9. The van der Waals surface area contributed by atoms with E-state index in [1.165, 1.54) is 16.7 Å². The van der Waals surface area contributed by atoms with Crippen molar-refractivity contribution in [2.45, 2.75) is 100 Å². The lowest BCUT2D eigenvalue weighted by atomic mass is 9.93. The fourth-order valence-electron chi connectivity index (χ4n) is 9.97. The van der Waals surface area contributed by atoms with Crippen LogP contribution in [0.15, 0.2) is 206 Å². The molecule has 10 rings (SSSR count). The number of ether oxygens (including phenoxy) is 9. The Morgan fingerprint density at radius 1 is 0.395 bits per heavy atom. The molecule has 3 aliphatic rings. The average Bonchev–Trinajstić information content (AvgIpc) is 3.77. The molecule has 0 saturated carbocycles. The first kappa shape index (κ1) is 53.1. The number of fused-ring (bicyclic) bond motifs is 1. The number of imide groups is 1. The Bertz CT molecular complexity index is 2840. The summed E-state index contributed by atoms with van der Waals surface area (Å²) < 4.78 is 62.9. The topological polar surface area (TPSA) is 120 Å². The van der Waals surface area contributed by atoms with E-state index in [1.54, 1.807) is 24.3 Å². The number of rotatable bonds is 24. The van der Waals surface area contributed by atoms with Gasteiger partial charge >= 0.3 is 0 Å². The SMILES string of the molecule is CS[C@H]1O[C@H](COCc2ccccc2)[C@@H](OCc2ccccc2)[C@H](OCc2ccccc2)[C@@H]1O[C@@H]1O[C@H](COCc2ccccc2)[C@@H](OCc2ccccc2)[C@H](OCc2ccccc2)[C@H]1N1C(=O)c2ccccc2C1=O. The zero-order valence-corrected chi connectivity index (χ0v) is 43.2. The molecule has 3 aliphatic heterocycles. The number of carbonyl (C=O) groups is 2. The van der Waals surface area contributed by atoms with Crippen LogP contribution in [0.2, 0.25) is 0 Å². The molecule has 2 amide bonds. The van der Waals surface area contributed by atoms with E-state index >= 15 is 9.59 Å². The maximum absolute atomic E-state index is 15.0. The largest absolute Gasteiger partial charge is 0.374 e. The summed E-state index contributed by atoms with van der Waals surface area (Å²) in [5, 5.41) is 0. The van der Waals surface area contributed by atoms with Crippen LogP contribution >= 0.6 is 11.8 Å². The molecule has 13 heteroatoms. The fourth-order valence-corrected chi connectivity index (χ4v) is 10.7. The summed E-state index contributed by atoms with van der Waals surface area (Å²) in [6, 6.07) is 64.9. The normalized spacial score (nSPS) is 24.4.